The highest BCUT2D eigenvalue weighted by molar-refractivity contribution is 7.46. The number of ketones is 1. The molecule has 0 spiro atoms. The first kappa shape index (κ1) is 12.6. The van der Waals surface area contributed by atoms with Gasteiger partial charge in [0.25, 0.3) is 0 Å². The Bertz CT molecular complexity index is 457. The van der Waals surface area contributed by atoms with Crippen molar-refractivity contribution in [3.8, 4) is 5.75 Å². The minimum atomic E-state index is -4.55. The molecule has 0 bridgehead atoms. The van der Waals surface area contributed by atoms with Gasteiger partial charge in [0, 0.05) is 5.56 Å². The van der Waals surface area contributed by atoms with Crippen molar-refractivity contribution in [3.63, 3.8) is 0 Å². The van der Waals surface area contributed by atoms with Crippen molar-refractivity contribution in [2.24, 2.45) is 0 Å². The Morgan fingerprint density at radius 3 is 2.19 bits per heavy atom. The van der Waals surface area contributed by atoms with Crippen LogP contribution in [-0.4, -0.2) is 15.6 Å². The van der Waals surface area contributed by atoms with Gasteiger partial charge in [-0.3, -0.25) is 14.6 Å². The zero-order valence-electron chi connectivity index (χ0n) is 8.58. The van der Waals surface area contributed by atoms with Crippen LogP contribution in [0.2, 0.25) is 0 Å². The van der Waals surface area contributed by atoms with Gasteiger partial charge in [-0.15, -0.1) is 0 Å². The highest BCUT2D eigenvalue weighted by Crippen LogP contribution is 2.37. The lowest BCUT2D eigenvalue weighted by molar-refractivity contribution is 0.103. The maximum atomic E-state index is 11.4. The number of carbonyl (C=O) groups excluding carboxylic acids is 1. The minimum Gasteiger partial charge on any atom is -0.404 e. The van der Waals surface area contributed by atoms with Crippen molar-refractivity contribution in [1.29, 1.82) is 0 Å². The number of Topliss-reactive ketones (excluding diaryl/α,β-unsaturated/α-hetero) is 1. The molecular formula is C10H11O5P. The zero-order chi connectivity index (χ0) is 12.3. The topological polar surface area (TPSA) is 83.8 Å². The van der Waals surface area contributed by atoms with Crippen LogP contribution in [0.5, 0.6) is 5.75 Å². The second-order valence-electron chi connectivity index (χ2n) is 3.22. The molecule has 0 saturated heterocycles. The number of hydrogen-bond donors (Lipinski definition) is 2. The Kier molecular flexibility index (Phi) is 3.65. The van der Waals surface area contributed by atoms with E-state index in [0.717, 1.165) is 0 Å². The molecule has 5 nitrogen and oxygen atoms in total. The largest absolute Gasteiger partial charge is 0.524 e. The maximum absolute atomic E-state index is 11.4. The van der Waals surface area contributed by atoms with Gasteiger partial charge >= 0.3 is 7.82 Å². The fourth-order valence-corrected chi connectivity index (χ4v) is 1.45. The molecule has 0 heterocycles. The quantitative estimate of drug-likeness (QED) is 0.478. The van der Waals surface area contributed by atoms with Crippen molar-refractivity contribution in [2.75, 3.05) is 0 Å². The first-order chi connectivity index (χ1) is 7.29. The van der Waals surface area contributed by atoms with Crippen molar-refractivity contribution in [2.45, 2.75) is 6.92 Å². The average molecular weight is 242 g/mol. The van der Waals surface area contributed by atoms with Crippen LogP contribution in [0, 0.1) is 0 Å². The molecule has 0 fully saturated rings. The summed E-state index contributed by atoms with van der Waals surface area (Å²) in [4.78, 5) is 28.5. The zero-order valence-corrected chi connectivity index (χ0v) is 9.48. The van der Waals surface area contributed by atoms with Crippen LogP contribution in [0.3, 0.4) is 0 Å². The monoisotopic (exact) mass is 242 g/mol. The van der Waals surface area contributed by atoms with Gasteiger partial charge in [0.1, 0.15) is 5.75 Å². The lowest BCUT2D eigenvalue weighted by Gasteiger charge is -2.06. The predicted molar refractivity (Wildman–Crippen MR) is 58.3 cm³/mol. The molecule has 0 amide bonds. The van der Waals surface area contributed by atoms with Crippen molar-refractivity contribution < 1.29 is 23.7 Å². The van der Waals surface area contributed by atoms with Gasteiger partial charge in [-0.1, -0.05) is 6.58 Å². The maximum Gasteiger partial charge on any atom is 0.524 e. The van der Waals surface area contributed by atoms with E-state index in [4.69, 9.17) is 9.79 Å². The van der Waals surface area contributed by atoms with Gasteiger partial charge in [-0.05, 0) is 36.8 Å². The van der Waals surface area contributed by atoms with Crippen molar-refractivity contribution in [3.05, 3.63) is 42.0 Å². The van der Waals surface area contributed by atoms with Gasteiger partial charge in [-0.25, -0.2) is 4.57 Å². The molecule has 0 aliphatic heterocycles. The van der Waals surface area contributed by atoms with E-state index in [2.05, 4.69) is 11.1 Å². The fourth-order valence-electron chi connectivity index (χ4n) is 1.05. The van der Waals surface area contributed by atoms with Crippen LogP contribution in [0.1, 0.15) is 17.3 Å². The summed E-state index contributed by atoms with van der Waals surface area (Å²) < 4.78 is 14.8. The number of benzene rings is 1. The molecule has 6 heteroatoms. The third kappa shape index (κ3) is 3.62. The van der Waals surface area contributed by atoms with Crippen molar-refractivity contribution in [1.82, 2.24) is 0 Å². The molecule has 86 valence electrons. The predicted octanol–water partition coefficient (Wildman–Crippen LogP) is 1.92. The van der Waals surface area contributed by atoms with Crippen LogP contribution in [0.15, 0.2) is 36.4 Å². The lowest BCUT2D eigenvalue weighted by Crippen LogP contribution is -1.99. The number of carbonyl (C=O) groups is 1. The van der Waals surface area contributed by atoms with Crippen molar-refractivity contribution >= 4 is 13.6 Å². The summed E-state index contributed by atoms with van der Waals surface area (Å²) in [6.45, 7) is 5.09. The number of hydrogen-bond acceptors (Lipinski definition) is 3. The smallest absolute Gasteiger partial charge is 0.404 e. The summed E-state index contributed by atoms with van der Waals surface area (Å²) in [5.41, 5.74) is 0.786. The SMILES string of the molecule is C=C(C)C(=O)c1ccc(OP(=O)(O)O)cc1. The van der Waals surface area contributed by atoms with E-state index in [1.165, 1.54) is 24.3 Å². The molecule has 0 saturated carbocycles. The summed E-state index contributed by atoms with van der Waals surface area (Å²) in [6.07, 6.45) is 0. The summed E-state index contributed by atoms with van der Waals surface area (Å²) in [5.74, 6) is -0.214. The molecular weight excluding hydrogens is 231 g/mol. The van der Waals surface area contributed by atoms with Crippen LogP contribution < -0.4 is 4.52 Å². The molecule has 0 unspecified atom stereocenters. The highest BCUT2D eigenvalue weighted by Gasteiger charge is 2.16. The van der Waals surface area contributed by atoms with E-state index < -0.39 is 7.82 Å². The molecule has 0 aromatic heterocycles. The first-order valence-corrected chi connectivity index (χ1v) is 5.88. The van der Waals surface area contributed by atoms with Gasteiger partial charge in [-0.2, -0.15) is 0 Å². The number of allylic oxidation sites excluding steroid dienone is 1. The molecule has 0 radical (unpaired) electrons. The van der Waals surface area contributed by atoms with Crippen LogP contribution in [0.4, 0.5) is 0 Å². The third-order valence-corrected chi connectivity index (χ3v) is 2.18. The fraction of sp³-hybridized carbons (Fsp3) is 0.100. The second-order valence-corrected chi connectivity index (χ2v) is 4.38. The molecule has 0 aliphatic rings. The van der Waals surface area contributed by atoms with Crippen LogP contribution >= 0.6 is 7.82 Å². The van der Waals surface area contributed by atoms with Gasteiger partial charge in [0.2, 0.25) is 0 Å². The molecule has 16 heavy (non-hydrogen) atoms. The Labute approximate surface area is 92.6 Å². The van der Waals surface area contributed by atoms with Crippen LogP contribution in [-0.2, 0) is 4.57 Å². The minimum absolute atomic E-state index is 0.00611. The van der Waals surface area contributed by atoms with Crippen LogP contribution in [0.25, 0.3) is 0 Å². The van der Waals surface area contributed by atoms with E-state index in [9.17, 15) is 9.36 Å². The molecule has 1 aromatic rings. The highest BCUT2D eigenvalue weighted by atomic mass is 31.2. The summed E-state index contributed by atoms with van der Waals surface area (Å²) in [5, 5.41) is 0. The van der Waals surface area contributed by atoms with Gasteiger partial charge in [0.15, 0.2) is 5.78 Å². The van der Waals surface area contributed by atoms with Gasteiger partial charge < -0.3 is 4.52 Å². The third-order valence-electron chi connectivity index (χ3n) is 1.73. The Balaban J connectivity index is 2.88. The number of phosphoric acid groups is 1. The van der Waals surface area contributed by atoms with E-state index in [1.54, 1.807) is 6.92 Å². The molecule has 2 N–H and O–H groups in total. The lowest BCUT2D eigenvalue weighted by atomic mass is 10.1. The van der Waals surface area contributed by atoms with E-state index in [-0.39, 0.29) is 11.5 Å². The molecule has 1 aromatic carbocycles. The molecule has 1 rings (SSSR count). The summed E-state index contributed by atoms with van der Waals surface area (Å²) >= 11 is 0. The summed E-state index contributed by atoms with van der Waals surface area (Å²) in [6, 6.07) is 5.47. The molecule has 0 atom stereocenters. The van der Waals surface area contributed by atoms with E-state index >= 15 is 0 Å². The standard InChI is InChI=1S/C10H11O5P/c1-7(2)10(11)8-3-5-9(6-4-8)15-16(12,13)14/h3-6H,1H2,2H3,(H2,12,13,14). The van der Waals surface area contributed by atoms with E-state index in [0.29, 0.717) is 11.1 Å². The molecule has 0 aliphatic carbocycles. The first-order valence-electron chi connectivity index (χ1n) is 4.35. The number of rotatable bonds is 4. The summed E-state index contributed by atoms with van der Waals surface area (Å²) in [7, 11) is -4.55. The van der Waals surface area contributed by atoms with Gasteiger partial charge in [0.05, 0.1) is 0 Å². The Morgan fingerprint density at radius 1 is 1.31 bits per heavy atom. The Morgan fingerprint density at radius 2 is 1.81 bits per heavy atom. The normalized spacial score (nSPS) is 10.9. The average Bonchev–Trinajstić information content (AvgIpc) is 2.15. The number of phosphoric ester groups is 1. The second kappa shape index (κ2) is 4.61. The Hall–Kier alpha value is -1.42. The van der Waals surface area contributed by atoms with E-state index in [1.807, 2.05) is 0 Å².